The highest BCUT2D eigenvalue weighted by Gasteiger charge is 2.29. The van der Waals surface area contributed by atoms with E-state index in [1.807, 2.05) is 102 Å². The first kappa shape index (κ1) is 49.6. The molecule has 71 heavy (non-hydrogen) atoms. The molecule has 0 saturated carbocycles. The SMILES string of the molecule is O=C(NCCc1ccccc1)c1cccc(N(Cc2ccccc2)S(=O)(=O)c2ccccc2)c1.O=C(c1cccc(N(Cc2ccccc2)S(=O)(=O)c2ccccc2)c1)N1CCC(c2ccccc2)CC1. The summed E-state index contributed by atoms with van der Waals surface area (Å²) < 4.78 is 57.3. The van der Waals surface area contributed by atoms with Gasteiger partial charge in [-0.15, -0.1) is 0 Å². The van der Waals surface area contributed by atoms with E-state index in [1.54, 1.807) is 109 Å². The van der Waals surface area contributed by atoms with Crippen LogP contribution in [0.25, 0.3) is 0 Å². The van der Waals surface area contributed by atoms with Crippen LogP contribution in [0.15, 0.2) is 240 Å². The summed E-state index contributed by atoms with van der Waals surface area (Å²) in [5.41, 5.74) is 5.98. The number of rotatable bonds is 16. The van der Waals surface area contributed by atoms with E-state index in [0.717, 1.165) is 36.0 Å². The monoisotopic (exact) mass is 980 g/mol. The van der Waals surface area contributed by atoms with E-state index in [0.29, 0.717) is 48.1 Å². The van der Waals surface area contributed by atoms with Gasteiger partial charge in [0.2, 0.25) is 0 Å². The summed E-state index contributed by atoms with van der Waals surface area (Å²) in [4.78, 5) is 28.6. The summed E-state index contributed by atoms with van der Waals surface area (Å²) in [6.07, 6.45) is 2.55. The Balaban J connectivity index is 0.000000191. The summed E-state index contributed by atoms with van der Waals surface area (Å²) in [7, 11) is -7.70. The molecule has 1 saturated heterocycles. The lowest BCUT2D eigenvalue weighted by Gasteiger charge is -2.32. The largest absolute Gasteiger partial charge is 0.352 e. The molecule has 1 N–H and O–H groups in total. The fourth-order valence-electron chi connectivity index (χ4n) is 8.56. The lowest BCUT2D eigenvalue weighted by atomic mass is 9.89. The van der Waals surface area contributed by atoms with Crippen molar-refractivity contribution in [2.45, 2.75) is 48.1 Å². The summed E-state index contributed by atoms with van der Waals surface area (Å²) in [6.45, 7) is 2.16. The highest BCUT2D eigenvalue weighted by molar-refractivity contribution is 7.93. The van der Waals surface area contributed by atoms with E-state index in [2.05, 4.69) is 29.6 Å². The zero-order chi connectivity index (χ0) is 49.5. The third-order valence-electron chi connectivity index (χ3n) is 12.4. The maximum atomic E-state index is 13.7. The topological polar surface area (TPSA) is 124 Å². The van der Waals surface area contributed by atoms with Crippen molar-refractivity contribution in [2.75, 3.05) is 28.2 Å². The molecule has 0 atom stereocenters. The maximum absolute atomic E-state index is 13.7. The molecule has 360 valence electrons. The van der Waals surface area contributed by atoms with Crippen LogP contribution in [0.2, 0.25) is 0 Å². The summed E-state index contributed by atoms with van der Waals surface area (Å²) >= 11 is 0. The minimum Gasteiger partial charge on any atom is -0.352 e. The van der Waals surface area contributed by atoms with Gasteiger partial charge in [-0.05, 0) is 108 Å². The molecule has 0 spiro atoms. The minimum absolute atomic E-state index is 0.0647. The molecule has 0 unspecified atom stereocenters. The van der Waals surface area contributed by atoms with Crippen LogP contribution in [0.4, 0.5) is 11.4 Å². The number of carbonyl (C=O) groups excluding carboxylic acids is 2. The van der Waals surface area contributed by atoms with Crippen LogP contribution in [0.1, 0.15) is 61.7 Å². The molecule has 0 aliphatic carbocycles. The van der Waals surface area contributed by atoms with Crippen LogP contribution >= 0.6 is 0 Å². The zero-order valence-electron chi connectivity index (χ0n) is 39.3. The van der Waals surface area contributed by atoms with Gasteiger partial charge >= 0.3 is 0 Å². The molecule has 10 nitrogen and oxygen atoms in total. The summed E-state index contributed by atoms with van der Waals surface area (Å²) in [5.74, 6) is 0.147. The normalized spacial score (nSPS) is 12.8. The Bertz CT molecular complexity index is 3200. The van der Waals surface area contributed by atoms with E-state index >= 15 is 0 Å². The number of carbonyl (C=O) groups is 2. The number of nitrogens with zero attached hydrogens (tertiary/aromatic N) is 3. The zero-order valence-corrected chi connectivity index (χ0v) is 40.9. The van der Waals surface area contributed by atoms with Crippen molar-refractivity contribution in [3.63, 3.8) is 0 Å². The predicted molar refractivity (Wildman–Crippen MR) is 282 cm³/mol. The molecule has 12 heteroatoms. The van der Waals surface area contributed by atoms with Crippen molar-refractivity contribution < 1.29 is 26.4 Å². The van der Waals surface area contributed by atoms with Gasteiger partial charge in [-0.3, -0.25) is 18.2 Å². The number of hydrogen-bond acceptors (Lipinski definition) is 6. The third-order valence-corrected chi connectivity index (χ3v) is 15.9. The predicted octanol–water partition coefficient (Wildman–Crippen LogP) is 11.2. The molecule has 1 aliphatic rings. The van der Waals surface area contributed by atoms with Crippen molar-refractivity contribution in [3.8, 4) is 0 Å². The van der Waals surface area contributed by atoms with Gasteiger partial charge in [0.1, 0.15) is 0 Å². The second kappa shape index (κ2) is 23.7. The van der Waals surface area contributed by atoms with Crippen LogP contribution < -0.4 is 13.9 Å². The Morgan fingerprint density at radius 2 is 0.859 bits per heavy atom. The summed E-state index contributed by atoms with van der Waals surface area (Å²) in [6, 6.07) is 69.7. The summed E-state index contributed by atoms with van der Waals surface area (Å²) in [5, 5.41) is 2.93. The van der Waals surface area contributed by atoms with E-state index < -0.39 is 20.0 Å². The van der Waals surface area contributed by atoms with E-state index in [1.165, 1.54) is 14.2 Å². The molecule has 0 aromatic heterocycles. The standard InChI is InChI=1S/C31H30N2O3S.C28H26N2O3S/c34-31(32-21-19-27(20-22-32)26-13-6-2-7-14-26)28-15-10-16-29(23-28)33(24-25-11-4-1-5-12-25)37(35,36)30-17-8-3-9-18-30;31-28(29-20-19-23-11-4-1-5-12-23)25-15-10-16-26(21-25)30(22-24-13-6-2-7-14-24)34(32,33)27-17-8-3-9-18-27/h1-18,23,27H,19-22,24H2;1-18,21H,19-20,22H2,(H,29,31). The number of nitrogens with one attached hydrogen (secondary N) is 1. The van der Waals surface area contributed by atoms with Crippen molar-refractivity contribution in [2.24, 2.45) is 0 Å². The Hall–Kier alpha value is -7.80. The smallest absolute Gasteiger partial charge is 0.264 e. The number of piperidine rings is 1. The lowest BCUT2D eigenvalue weighted by Crippen LogP contribution is -2.38. The van der Waals surface area contributed by atoms with Crippen molar-refractivity contribution >= 4 is 43.2 Å². The third kappa shape index (κ3) is 12.9. The fraction of sp³-hybridized carbons (Fsp3) is 0.153. The van der Waals surface area contributed by atoms with Crippen LogP contribution in [-0.4, -0.2) is 53.2 Å². The van der Waals surface area contributed by atoms with Gasteiger partial charge in [0.05, 0.1) is 34.3 Å². The quantitative estimate of drug-likeness (QED) is 0.103. The first-order valence-corrected chi connectivity index (χ1v) is 26.5. The van der Waals surface area contributed by atoms with Crippen molar-refractivity contribution in [1.29, 1.82) is 0 Å². The average Bonchev–Trinajstić information content (AvgIpc) is 3.43. The molecule has 0 radical (unpaired) electrons. The highest BCUT2D eigenvalue weighted by Crippen LogP contribution is 2.31. The second-order valence-corrected chi connectivity index (χ2v) is 20.9. The Kier molecular flexibility index (Phi) is 16.5. The molecular formula is C59H56N4O6S2. The number of hydrogen-bond donors (Lipinski definition) is 1. The molecule has 8 aromatic rings. The van der Waals surface area contributed by atoms with Gasteiger partial charge in [-0.25, -0.2) is 16.8 Å². The van der Waals surface area contributed by atoms with E-state index in [9.17, 15) is 26.4 Å². The number of likely N-dealkylation sites (tertiary alicyclic amines) is 1. The number of benzene rings is 8. The average molecular weight is 981 g/mol. The van der Waals surface area contributed by atoms with E-state index in [4.69, 9.17) is 0 Å². The molecular weight excluding hydrogens is 925 g/mol. The Labute approximate surface area is 418 Å². The molecule has 0 bridgehead atoms. The number of sulfonamides is 2. The van der Waals surface area contributed by atoms with Crippen LogP contribution in [0, 0.1) is 0 Å². The van der Waals surface area contributed by atoms with Gasteiger partial charge in [0.15, 0.2) is 0 Å². The Morgan fingerprint density at radius 3 is 1.32 bits per heavy atom. The molecule has 8 aromatic carbocycles. The van der Waals surface area contributed by atoms with Gasteiger partial charge < -0.3 is 10.2 Å². The molecule has 1 heterocycles. The van der Waals surface area contributed by atoms with Crippen molar-refractivity contribution in [3.05, 3.63) is 264 Å². The number of amides is 2. The lowest BCUT2D eigenvalue weighted by molar-refractivity contribution is 0.0712. The second-order valence-electron chi connectivity index (χ2n) is 17.2. The van der Waals surface area contributed by atoms with Gasteiger partial charge in [0, 0.05) is 30.8 Å². The molecule has 1 aliphatic heterocycles. The highest BCUT2D eigenvalue weighted by atomic mass is 32.2. The number of anilines is 2. The van der Waals surface area contributed by atoms with E-state index in [-0.39, 0.29) is 34.7 Å². The maximum Gasteiger partial charge on any atom is 0.264 e. The molecule has 2 amide bonds. The fourth-order valence-corrected chi connectivity index (χ4v) is 11.5. The van der Waals surface area contributed by atoms with Gasteiger partial charge in [-0.2, -0.15) is 0 Å². The first-order chi connectivity index (χ1) is 34.6. The minimum atomic E-state index is -3.85. The Morgan fingerprint density at radius 1 is 0.465 bits per heavy atom. The first-order valence-electron chi connectivity index (χ1n) is 23.7. The van der Waals surface area contributed by atoms with Gasteiger partial charge in [0.25, 0.3) is 31.9 Å². The van der Waals surface area contributed by atoms with Crippen LogP contribution in [-0.2, 0) is 39.6 Å². The van der Waals surface area contributed by atoms with Crippen LogP contribution in [0.5, 0.6) is 0 Å². The van der Waals surface area contributed by atoms with Gasteiger partial charge in [-0.1, -0.05) is 170 Å². The van der Waals surface area contributed by atoms with Crippen molar-refractivity contribution in [1.82, 2.24) is 10.2 Å². The molecule has 9 rings (SSSR count). The van der Waals surface area contributed by atoms with Crippen LogP contribution in [0.3, 0.4) is 0 Å². The molecule has 1 fully saturated rings.